The number of nitrogen functional groups attached to an aromatic ring is 1. The molecule has 1 atom stereocenters. The van der Waals surface area contributed by atoms with Crippen LogP contribution in [-0.2, 0) is 9.47 Å². The van der Waals surface area contributed by atoms with Crippen LogP contribution >= 0.6 is 15.9 Å². The van der Waals surface area contributed by atoms with Crippen LogP contribution in [0.4, 0.5) is 5.69 Å². The lowest BCUT2D eigenvalue weighted by Crippen LogP contribution is -2.15. The molecule has 0 aromatic heterocycles. The van der Waals surface area contributed by atoms with E-state index in [1.807, 2.05) is 0 Å². The summed E-state index contributed by atoms with van der Waals surface area (Å²) < 4.78 is 11.1. The molecule has 4 nitrogen and oxygen atoms in total. The molecule has 2 N–H and O–H groups in total. The summed E-state index contributed by atoms with van der Waals surface area (Å²) in [7, 11) is 0. The third-order valence-electron chi connectivity index (χ3n) is 2.75. The van der Waals surface area contributed by atoms with Crippen LogP contribution in [0.25, 0.3) is 0 Å². The fourth-order valence-corrected chi connectivity index (χ4v) is 2.07. The topological polar surface area (TPSA) is 61.6 Å². The minimum atomic E-state index is -0.379. The van der Waals surface area contributed by atoms with Crippen molar-refractivity contribution in [2.75, 3.05) is 25.6 Å². The minimum absolute atomic E-state index is 0.312. The number of ether oxygens (including phenoxy) is 2. The molecule has 0 spiro atoms. The Labute approximate surface area is 108 Å². The number of hydrogen-bond acceptors (Lipinski definition) is 4. The van der Waals surface area contributed by atoms with Gasteiger partial charge >= 0.3 is 5.97 Å². The van der Waals surface area contributed by atoms with Crippen LogP contribution in [0.15, 0.2) is 22.7 Å². The lowest BCUT2D eigenvalue weighted by atomic mass is 10.1. The van der Waals surface area contributed by atoms with E-state index in [0.29, 0.717) is 34.9 Å². The van der Waals surface area contributed by atoms with Gasteiger partial charge in [-0.1, -0.05) is 6.07 Å². The number of carbonyl (C=O) groups excluding carboxylic acids is 1. The number of para-hydroxylation sites is 1. The van der Waals surface area contributed by atoms with E-state index < -0.39 is 0 Å². The van der Waals surface area contributed by atoms with Gasteiger partial charge in [0.25, 0.3) is 0 Å². The molecule has 1 aromatic rings. The van der Waals surface area contributed by atoms with Crippen LogP contribution in [0, 0.1) is 5.92 Å². The summed E-state index contributed by atoms with van der Waals surface area (Å²) in [6, 6.07) is 5.21. The van der Waals surface area contributed by atoms with E-state index in [9.17, 15) is 4.79 Å². The predicted molar refractivity (Wildman–Crippen MR) is 67.8 cm³/mol. The van der Waals surface area contributed by atoms with Crippen molar-refractivity contribution in [1.82, 2.24) is 0 Å². The molecule has 0 aliphatic carbocycles. The lowest BCUT2D eigenvalue weighted by Gasteiger charge is -2.10. The first-order chi connectivity index (χ1) is 8.18. The zero-order chi connectivity index (χ0) is 12.3. The first-order valence-corrected chi connectivity index (χ1v) is 6.26. The van der Waals surface area contributed by atoms with Gasteiger partial charge in [-0.2, -0.15) is 0 Å². The maximum absolute atomic E-state index is 11.8. The maximum atomic E-state index is 11.8. The van der Waals surface area contributed by atoms with E-state index in [2.05, 4.69) is 15.9 Å². The Morgan fingerprint density at radius 2 is 2.41 bits per heavy atom. The highest BCUT2D eigenvalue weighted by Crippen LogP contribution is 2.24. The highest BCUT2D eigenvalue weighted by Gasteiger charge is 2.19. The Morgan fingerprint density at radius 3 is 3.12 bits per heavy atom. The van der Waals surface area contributed by atoms with E-state index in [0.717, 1.165) is 13.0 Å². The molecule has 0 radical (unpaired) electrons. The van der Waals surface area contributed by atoms with Gasteiger partial charge in [-0.3, -0.25) is 0 Å². The fraction of sp³-hybridized carbons (Fsp3) is 0.417. The smallest absolute Gasteiger partial charge is 0.340 e. The van der Waals surface area contributed by atoms with Crippen molar-refractivity contribution < 1.29 is 14.3 Å². The van der Waals surface area contributed by atoms with Crippen LogP contribution < -0.4 is 5.73 Å². The number of halogens is 1. The molecule has 1 fully saturated rings. The van der Waals surface area contributed by atoms with Crippen molar-refractivity contribution in [3.8, 4) is 0 Å². The third kappa shape index (κ3) is 2.98. The maximum Gasteiger partial charge on any atom is 0.340 e. The van der Waals surface area contributed by atoms with Crippen molar-refractivity contribution in [3.63, 3.8) is 0 Å². The van der Waals surface area contributed by atoms with E-state index >= 15 is 0 Å². The van der Waals surface area contributed by atoms with Crippen LogP contribution in [0.3, 0.4) is 0 Å². The molecule has 1 aliphatic heterocycles. The number of nitrogens with two attached hydrogens (primary N) is 1. The van der Waals surface area contributed by atoms with Gasteiger partial charge < -0.3 is 15.2 Å². The first-order valence-electron chi connectivity index (χ1n) is 5.47. The molecule has 0 amide bonds. The summed E-state index contributed by atoms with van der Waals surface area (Å²) in [5.74, 6) is -0.0666. The second kappa shape index (κ2) is 5.51. The number of benzene rings is 1. The van der Waals surface area contributed by atoms with Gasteiger partial charge in [0.1, 0.15) is 0 Å². The highest BCUT2D eigenvalue weighted by molar-refractivity contribution is 9.10. The number of esters is 1. The van der Waals surface area contributed by atoms with Crippen molar-refractivity contribution >= 4 is 27.6 Å². The first kappa shape index (κ1) is 12.4. The Balaban J connectivity index is 1.97. The van der Waals surface area contributed by atoms with Crippen LogP contribution in [-0.4, -0.2) is 25.8 Å². The standard InChI is InChI=1S/C12H14BrNO3/c13-10-3-1-2-9(11(10)14)12(15)17-7-8-4-5-16-6-8/h1-3,8H,4-7,14H2. The van der Waals surface area contributed by atoms with Crippen molar-refractivity contribution in [1.29, 1.82) is 0 Å². The van der Waals surface area contributed by atoms with Gasteiger partial charge in [-0.05, 0) is 34.5 Å². The Bertz CT molecular complexity index is 416. The monoisotopic (exact) mass is 299 g/mol. The Hall–Kier alpha value is -1.07. The molecule has 1 saturated heterocycles. The minimum Gasteiger partial charge on any atom is -0.462 e. The van der Waals surface area contributed by atoms with E-state index in [1.165, 1.54) is 0 Å². The molecule has 1 aromatic carbocycles. The molecule has 92 valence electrons. The second-order valence-electron chi connectivity index (χ2n) is 4.03. The van der Waals surface area contributed by atoms with Gasteiger partial charge in [0.15, 0.2) is 0 Å². The average molecular weight is 300 g/mol. The molecule has 0 saturated carbocycles. The zero-order valence-corrected chi connectivity index (χ0v) is 10.9. The van der Waals surface area contributed by atoms with Crippen LogP contribution in [0.1, 0.15) is 16.8 Å². The molecule has 1 unspecified atom stereocenters. The van der Waals surface area contributed by atoms with Gasteiger partial charge in [0.05, 0.1) is 24.5 Å². The molecule has 2 rings (SSSR count). The molecule has 1 aliphatic rings. The number of anilines is 1. The number of rotatable bonds is 3. The van der Waals surface area contributed by atoms with E-state index in [-0.39, 0.29) is 5.97 Å². The van der Waals surface area contributed by atoms with E-state index in [4.69, 9.17) is 15.2 Å². The summed E-state index contributed by atoms with van der Waals surface area (Å²) >= 11 is 3.28. The molecule has 1 heterocycles. The fourth-order valence-electron chi connectivity index (χ4n) is 1.70. The summed E-state index contributed by atoms with van der Waals surface area (Å²) in [6.07, 6.45) is 0.946. The summed E-state index contributed by atoms with van der Waals surface area (Å²) in [6.45, 7) is 1.81. The Morgan fingerprint density at radius 1 is 1.59 bits per heavy atom. The molecular formula is C12H14BrNO3. The molecule has 17 heavy (non-hydrogen) atoms. The quantitative estimate of drug-likeness (QED) is 0.687. The molecule has 0 bridgehead atoms. The molecule has 5 heteroatoms. The van der Waals surface area contributed by atoms with Crippen molar-refractivity contribution in [2.45, 2.75) is 6.42 Å². The van der Waals surface area contributed by atoms with Gasteiger partial charge in [-0.15, -0.1) is 0 Å². The summed E-state index contributed by atoms with van der Waals surface area (Å²) in [4.78, 5) is 11.8. The third-order valence-corrected chi connectivity index (χ3v) is 3.44. The van der Waals surface area contributed by atoms with Gasteiger partial charge in [0.2, 0.25) is 0 Å². The normalized spacial score (nSPS) is 19.2. The summed E-state index contributed by atoms with van der Waals surface area (Å²) in [5.41, 5.74) is 6.61. The van der Waals surface area contributed by atoms with Crippen molar-refractivity contribution in [3.05, 3.63) is 28.2 Å². The Kier molecular flexibility index (Phi) is 4.02. The SMILES string of the molecule is Nc1c(Br)cccc1C(=O)OCC1CCOC1. The largest absolute Gasteiger partial charge is 0.462 e. The van der Waals surface area contributed by atoms with E-state index in [1.54, 1.807) is 18.2 Å². The van der Waals surface area contributed by atoms with Gasteiger partial charge in [-0.25, -0.2) is 4.79 Å². The highest BCUT2D eigenvalue weighted by atomic mass is 79.9. The zero-order valence-electron chi connectivity index (χ0n) is 9.32. The van der Waals surface area contributed by atoms with Crippen LogP contribution in [0.2, 0.25) is 0 Å². The lowest BCUT2D eigenvalue weighted by molar-refractivity contribution is 0.0429. The average Bonchev–Trinajstić information content (AvgIpc) is 2.82. The van der Waals surface area contributed by atoms with Crippen LogP contribution in [0.5, 0.6) is 0 Å². The van der Waals surface area contributed by atoms with Gasteiger partial charge in [0, 0.05) is 17.0 Å². The number of carbonyl (C=O) groups is 1. The second-order valence-corrected chi connectivity index (χ2v) is 4.88. The number of hydrogen-bond donors (Lipinski definition) is 1. The summed E-state index contributed by atoms with van der Waals surface area (Å²) in [5, 5.41) is 0. The molecular weight excluding hydrogens is 286 g/mol. The van der Waals surface area contributed by atoms with Crippen molar-refractivity contribution in [2.24, 2.45) is 5.92 Å². The predicted octanol–water partition coefficient (Wildman–Crippen LogP) is 2.22.